The van der Waals surface area contributed by atoms with Gasteiger partial charge in [-0.05, 0) is 54.1 Å². The van der Waals surface area contributed by atoms with Gasteiger partial charge < -0.3 is 9.47 Å². The van der Waals surface area contributed by atoms with E-state index >= 15 is 0 Å². The Morgan fingerprint density at radius 2 is 1.22 bits per heavy atom. The number of nitrogens with zero attached hydrogens (tertiary/aromatic N) is 1. The highest BCUT2D eigenvalue weighted by molar-refractivity contribution is 6.14. The van der Waals surface area contributed by atoms with E-state index in [1.807, 2.05) is 60.7 Å². The van der Waals surface area contributed by atoms with Crippen molar-refractivity contribution in [3.63, 3.8) is 0 Å². The van der Waals surface area contributed by atoms with Crippen molar-refractivity contribution >= 4 is 17.9 Å². The van der Waals surface area contributed by atoms with Gasteiger partial charge in [-0.3, -0.25) is 9.69 Å². The van der Waals surface area contributed by atoms with E-state index in [1.54, 1.807) is 14.2 Å². The second-order valence-electron chi connectivity index (χ2n) is 6.52. The van der Waals surface area contributed by atoms with Crippen LogP contribution in [0.4, 0.5) is 0 Å². The Kier molecular flexibility index (Phi) is 6.09. The molecule has 0 saturated carbocycles. The molecular formula is C23H25NO3. The summed E-state index contributed by atoms with van der Waals surface area (Å²) in [4.78, 5) is 15.3. The van der Waals surface area contributed by atoms with Crippen molar-refractivity contribution in [3.8, 4) is 11.5 Å². The lowest BCUT2D eigenvalue weighted by atomic mass is 9.94. The lowest BCUT2D eigenvalue weighted by Crippen LogP contribution is -2.37. The molecule has 140 valence electrons. The number of piperidine rings is 1. The van der Waals surface area contributed by atoms with Gasteiger partial charge in [-0.2, -0.15) is 0 Å². The van der Waals surface area contributed by atoms with Crippen LogP contribution in [0.2, 0.25) is 0 Å². The fourth-order valence-electron chi connectivity index (χ4n) is 3.14. The van der Waals surface area contributed by atoms with Gasteiger partial charge in [-0.1, -0.05) is 31.2 Å². The maximum atomic E-state index is 13.0. The summed E-state index contributed by atoms with van der Waals surface area (Å²) in [5, 5.41) is 0. The predicted molar refractivity (Wildman–Crippen MR) is 109 cm³/mol. The van der Waals surface area contributed by atoms with Gasteiger partial charge in [0, 0.05) is 24.2 Å². The summed E-state index contributed by atoms with van der Waals surface area (Å²) in [6.07, 6.45) is 3.96. The summed E-state index contributed by atoms with van der Waals surface area (Å²) in [5.74, 6) is 1.73. The summed E-state index contributed by atoms with van der Waals surface area (Å²) in [5.41, 5.74) is 3.63. The van der Waals surface area contributed by atoms with Crippen LogP contribution in [0.15, 0.2) is 59.7 Å². The molecule has 27 heavy (non-hydrogen) atoms. The van der Waals surface area contributed by atoms with Crippen LogP contribution in [-0.2, 0) is 4.79 Å². The quantitative estimate of drug-likeness (QED) is 0.751. The average molecular weight is 363 g/mol. The zero-order chi connectivity index (χ0) is 19.2. The van der Waals surface area contributed by atoms with E-state index in [-0.39, 0.29) is 5.78 Å². The molecule has 1 aliphatic rings. The van der Waals surface area contributed by atoms with Crippen LogP contribution in [0.5, 0.6) is 11.5 Å². The smallest absolute Gasteiger partial charge is 0.187 e. The number of ketones is 1. The van der Waals surface area contributed by atoms with Gasteiger partial charge >= 0.3 is 0 Å². The molecule has 0 radical (unpaired) electrons. The molecule has 0 bridgehead atoms. The third kappa shape index (κ3) is 4.66. The predicted octanol–water partition coefficient (Wildman–Crippen LogP) is 4.08. The number of likely N-dealkylation sites (tertiary alicyclic amines) is 1. The number of benzene rings is 2. The van der Waals surface area contributed by atoms with Crippen LogP contribution >= 0.6 is 0 Å². The standard InChI is InChI=1S/C23H25NO3/c1-4-24-15-19(13-17-5-9-21(26-2)10-6-17)23(25)20(16-24)14-18-7-11-22(27-3)12-8-18/h5-14H,4,15-16H2,1-3H3/b19-13-,20-14+. The number of hydrogen-bond acceptors (Lipinski definition) is 4. The van der Waals surface area contributed by atoms with Gasteiger partial charge in [0.1, 0.15) is 11.5 Å². The number of hydrogen-bond donors (Lipinski definition) is 0. The monoisotopic (exact) mass is 363 g/mol. The Bertz CT molecular complexity index is 779. The van der Waals surface area contributed by atoms with Gasteiger partial charge in [0.25, 0.3) is 0 Å². The topological polar surface area (TPSA) is 38.8 Å². The number of likely N-dealkylation sites (N-methyl/N-ethyl adjacent to an activating group) is 1. The van der Waals surface area contributed by atoms with Crippen molar-refractivity contribution in [2.75, 3.05) is 33.9 Å². The van der Waals surface area contributed by atoms with E-state index < -0.39 is 0 Å². The molecule has 1 aliphatic heterocycles. The van der Waals surface area contributed by atoms with E-state index in [2.05, 4.69) is 11.8 Å². The maximum absolute atomic E-state index is 13.0. The van der Waals surface area contributed by atoms with Crippen LogP contribution in [0.25, 0.3) is 12.2 Å². The van der Waals surface area contributed by atoms with Crippen molar-refractivity contribution in [1.82, 2.24) is 4.90 Å². The average Bonchev–Trinajstić information content (AvgIpc) is 2.72. The first-order chi connectivity index (χ1) is 13.1. The zero-order valence-corrected chi connectivity index (χ0v) is 16.1. The van der Waals surface area contributed by atoms with E-state index in [4.69, 9.17) is 9.47 Å². The Morgan fingerprint density at radius 3 is 1.56 bits per heavy atom. The van der Waals surface area contributed by atoms with E-state index in [9.17, 15) is 4.79 Å². The summed E-state index contributed by atoms with van der Waals surface area (Å²) < 4.78 is 10.4. The van der Waals surface area contributed by atoms with E-state index in [0.29, 0.717) is 13.1 Å². The van der Waals surface area contributed by atoms with Crippen LogP contribution < -0.4 is 9.47 Å². The van der Waals surface area contributed by atoms with Gasteiger partial charge in [-0.15, -0.1) is 0 Å². The van der Waals surface area contributed by atoms with Crippen molar-refractivity contribution < 1.29 is 14.3 Å². The third-order valence-corrected chi connectivity index (χ3v) is 4.73. The SMILES string of the molecule is CCN1C/C(=C/c2ccc(OC)cc2)C(=O)/C(=C/c2ccc(OC)cc2)C1. The molecule has 2 aromatic rings. The Balaban J connectivity index is 1.89. The van der Waals surface area contributed by atoms with Crippen LogP contribution in [0, 0.1) is 0 Å². The fourth-order valence-corrected chi connectivity index (χ4v) is 3.14. The molecule has 4 nitrogen and oxygen atoms in total. The summed E-state index contributed by atoms with van der Waals surface area (Å²) in [7, 11) is 3.29. The second-order valence-corrected chi connectivity index (χ2v) is 6.52. The molecule has 3 rings (SSSR count). The molecule has 1 saturated heterocycles. The minimum absolute atomic E-state index is 0.117. The fraction of sp³-hybridized carbons (Fsp3) is 0.261. The lowest BCUT2D eigenvalue weighted by Gasteiger charge is -2.28. The van der Waals surface area contributed by atoms with Crippen LogP contribution in [-0.4, -0.2) is 44.5 Å². The number of rotatable bonds is 5. The molecule has 0 N–H and O–H groups in total. The molecular weight excluding hydrogens is 338 g/mol. The second kappa shape index (κ2) is 8.69. The van der Waals surface area contributed by atoms with Crippen molar-refractivity contribution in [2.24, 2.45) is 0 Å². The molecule has 1 fully saturated rings. The van der Waals surface area contributed by atoms with Crippen molar-refractivity contribution in [3.05, 3.63) is 70.8 Å². The highest BCUT2D eigenvalue weighted by Crippen LogP contribution is 2.23. The van der Waals surface area contributed by atoms with E-state index in [1.165, 1.54) is 0 Å². The normalized spacial score (nSPS) is 18.1. The first-order valence-corrected chi connectivity index (χ1v) is 9.09. The first kappa shape index (κ1) is 18.9. The molecule has 4 heteroatoms. The minimum atomic E-state index is 0.117. The van der Waals surface area contributed by atoms with Crippen molar-refractivity contribution in [2.45, 2.75) is 6.92 Å². The van der Waals surface area contributed by atoms with E-state index in [0.717, 1.165) is 40.3 Å². The molecule has 0 unspecified atom stereocenters. The van der Waals surface area contributed by atoms with Gasteiger partial charge in [0.05, 0.1) is 14.2 Å². The number of carbonyl (C=O) groups excluding carboxylic acids is 1. The lowest BCUT2D eigenvalue weighted by molar-refractivity contribution is -0.113. The number of ether oxygens (including phenoxy) is 2. The number of Topliss-reactive ketones (excluding diaryl/α,β-unsaturated/α-hetero) is 1. The summed E-state index contributed by atoms with van der Waals surface area (Å²) in [6, 6.07) is 15.5. The first-order valence-electron chi connectivity index (χ1n) is 9.09. The summed E-state index contributed by atoms with van der Waals surface area (Å²) in [6.45, 7) is 4.35. The van der Waals surface area contributed by atoms with Gasteiger partial charge in [0.15, 0.2) is 5.78 Å². The molecule has 0 aliphatic carbocycles. The van der Waals surface area contributed by atoms with Crippen molar-refractivity contribution in [1.29, 1.82) is 0 Å². The molecule has 0 atom stereocenters. The number of methoxy groups -OCH3 is 2. The van der Waals surface area contributed by atoms with Crippen LogP contribution in [0.3, 0.4) is 0 Å². The highest BCUT2D eigenvalue weighted by atomic mass is 16.5. The van der Waals surface area contributed by atoms with Crippen LogP contribution in [0.1, 0.15) is 18.1 Å². The van der Waals surface area contributed by atoms with Gasteiger partial charge in [0.2, 0.25) is 0 Å². The molecule has 0 aromatic heterocycles. The third-order valence-electron chi connectivity index (χ3n) is 4.73. The van der Waals surface area contributed by atoms with Gasteiger partial charge in [-0.25, -0.2) is 0 Å². The Morgan fingerprint density at radius 1 is 0.815 bits per heavy atom. The highest BCUT2D eigenvalue weighted by Gasteiger charge is 2.25. The molecule has 2 aromatic carbocycles. The Hall–Kier alpha value is -2.85. The summed E-state index contributed by atoms with van der Waals surface area (Å²) >= 11 is 0. The largest absolute Gasteiger partial charge is 0.497 e. The minimum Gasteiger partial charge on any atom is -0.497 e. The number of carbonyl (C=O) groups is 1. The molecule has 0 amide bonds. The zero-order valence-electron chi connectivity index (χ0n) is 16.1. The Labute approximate surface area is 160 Å². The maximum Gasteiger partial charge on any atom is 0.187 e. The molecule has 1 heterocycles. The molecule has 0 spiro atoms.